The van der Waals surface area contributed by atoms with Gasteiger partial charge in [-0.1, -0.05) is 78.0 Å². The molecule has 0 saturated heterocycles. The summed E-state index contributed by atoms with van der Waals surface area (Å²) in [5.74, 6) is -2.25. The van der Waals surface area contributed by atoms with Crippen molar-refractivity contribution in [2.24, 2.45) is 0 Å². The molecule has 34 heavy (non-hydrogen) atoms. The summed E-state index contributed by atoms with van der Waals surface area (Å²) in [5.41, 5.74) is 2.15. The molecule has 2 aromatic carbocycles. The molecule has 0 aliphatic heterocycles. The van der Waals surface area contributed by atoms with Crippen molar-refractivity contribution in [3.05, 3.63) is 104 Å². The van der Waals surface area contributed by atoms with Crippen molar-refractivity contribution in [3.8, 4) is 0 Å². The number of carbonyl (C=O) groups excluding carboxylic acids is 1. The summed E-state index contributed by atoms with van der Waals surface area (Å²) in [5, 5.41) is 0.579. The Morgan fingerprint density at radius 1 is 1.09 bits per heavy atom. The van der Waals surface area contributed by atoms with E-state index in [0.29, 0.717) is 21.8 Å². The molecule has 10 heteroatoms. The number of amides is 1. The molecule has 0 N–H and O–H groups in total. The number of allylic oxidation sites excluding steroid dienone is 1. The molecular formula is C24H18Cl3F3N2OS. The zero-order valence-electron chi connectivity index (χ0n) is 17.7. The van der Waals surface area contributed by atoms with Gasteiger partial charge in [-0.05, 0) is 59.5 Å². The number of aryl methyl sites for hydroxylation is 1. The van der Waals surface area contributed by atoms with E-state index in [4.69, 9.17) is 34.8 Å². The molecular weight excluding hydrogens is 528 g/mol. The Kier molecular flexibility index (Phi) is 8.57. The first kappa shape index (κ1) is 26.4. The van der Waals surface area contributed by atoms with Crippen molar-refractivity contribution in [1.82, 2.24) is 9.29 Å². The Balaban J connectivity index is 1.80. The van der Waals surface area contributed by atoms with Gasteiger partial charge in [-0.3, -0.25) is 9.10 Å². The van der Waals surface area contributed by atoms with Crippen LogP contribution in [-0.2, 0) is 6.54 Å². The first-order chi connectivity index (χ1) is 15.9. The minimum Gasteiger partial charge on any atom is -0.281 e. The predicted octanol–water partition coefficient (Wildman–Crippen LogP) is 8.20. The van der Waals surface area contributed by atoms with Gasteiger partial charge in [-0.25, -0.2) is 4.98 Å². The third kappa shape index (κ3) is 6.92. The standard InChI is InChI=1S/C24H18Cl3F3N2OS/c1-14-8-15(3-6-21(24(28,29)30)17-9-18(25)11-19(26)10-17)2-5-20(14)23(33)32(34)13-16-4-7-22(27)31-12-16/h2-12,21,34H,13H2,1H3/b6-3+. The van der Waals surface area contributed by atoms with Gasteiger partial charge in [0.1, 0.15) is 5.15 Å². The lowest BCUT2D eigenvalue weighted by atomic mass is 9.96. The maximum atomic E-state index is 13.7. The van der Waals surface area contributed by atoms with Crippen molar-refractivity contribution >= 4 is 59.6 Å². The highest BCUT2D eigenvalue weighted by molar-refractivity contribution is 7.78. The van der Waals surface area contributed by atoms with Gasteiger partial charge < -0.3 is 0 Å². The lowest BCUT2D eigenvalue weighted by molar-refractivity contribution is -0.139. The molecule has 178 valence electrons. The molecule has 0 bridgehead atoms. The number of halogens is 6. The maximum absolute atomic E-state index is 13.7. The summed E-state index contributed by atoms with van der Waals surface area (Å²) < 4.78 is 42.3. The van der Waals surface area contributed by atoms with Gasteiger partial charge >= 0.3 is 6.18 Å². The summed E-state index contributed by atoms with van der Waals surface area (Å²) in [6.07, 6.45) is -0.606. The van der Waals surface area contributed by atoms with E-state index in [1.807, 2.05) is 0 Å². The van der Waals surface area contributed by atoms with E-state index in [-0.39, 0.29) is 28.1 Å². The lowest BCUT2D eigenvalue weighted by Crippen LogP contribution is -2.22. The van der Waals surface area contributed by atoms with Crippen molar-refractivity contribution < 1.29 is 18.0 Å². The number of aromatic nitrogens is 1. The van der Waals surface area contributed by atoms with Gasteiger partial charge in [-0.2, -0.15) is 13.2 Å². The molecule has 1 amide bonds. The van der Waals surface area contributed by atoms with Crippen LogP contribution in [-0.4, -0.2) is 21.4 Å². The molecule has 0 spiro atoms. The number of benzene rings is 2. The first-order valence-corrected chi connectivity index (χ1v) is 11.4. The maximum Gasteiger partial charge on any atom is 0.399 e. The molecule has 0 radical (unpaired) electrons. The quantitative estimate of drug-likeness (QED) is 0.250. The number of carbonyl (C=O) groups is 1. The number of pyridine rings is 1. The van der Waals surface area contributed by atoms with Crippen LogP contribution in [0, 0.1) is 6.92 Å². The van der Waals surface area contributed by atoms with E-state index in [9.17, 15) is 18.0 Å². The van der Waals surface area contributed by atoms with Crippen LogP contribution in [0.15, 0.2) is 60.8 Å². The summed E-state index contributed by atoms with van der Waals surface area (Å²) in [7, 11) is 0. The molecule has 1 heterocycles. The largest absolute Gasteiger partial charge is 0.399 e. The summed E-state index contributed by atoms with van der Waals surface area (Å²) in [4.78, 5) is 16.8. The number of hydrogen-bond donors (Lipinski definition) is 1. The van der Waals surface area contributed by atoms with Crippen molar-refractivity contribution in [2.45, 2.75) is 25.6 Å². The van der Waals surface area contributed by atoms with E-state index in [0.717, 1.165) is 11.6 Å². The average Bonchev–Trinajstić information content (AvgIpc) is 2.73. The average molecular weight is 546 g/mol. The van der Waals surface area contributed by atoms with Gasteiger partial charge in [0, 0.05) is 21.8 Å². The Morgan fingerprint density at radius 2 is 1.76 bits per heavy atom. The molecule has 3 aromatic rings. The Hall–Kier alpha value is -2.19. The Morgan fingerprint density at radius 3 is 2.32 bits per heavy atom. The Bertz CT molecular complexity index is 1200. The fourth-order valence-electron chi connectivity index (χ4n) is 3.29. The van der Waals surface area contributed by atoms with Crippen molar-refractivity contribution in [2.75, 3.05) is 0 Å². The smallest absolute Gasteiger partial charge is 0.281 e. The number of nitrogens with zero attached hydrogens (tertiary/aromatic N) is 2. The third-order valence-electron chi connectivity index (χ3n) is 4.91. The van der Waals surface area contributed by atoms with Gasteiger partial charge in [0.25, 0.3) is 5.91 Å². The molecule has 1 unspecified atom stereocenters. The van der Waals surface area contributed by atoms with Crippen LogP contribution in [0.5, 0.6) is 0 Å². The molecule has 0 aliphatic carbocycles. The molecule has 3 nitrogen and oxygen atoms in total. The van der Waals surface area contributed by atoms with Gasteiger partial charge in [0.2, 0.25) is 0 Å². The zero-order chi connectivity index (χ0) is 25.0. The highest BCUT2D eigenvalue weighted by Crippen LogP contribution is 2.38. The summed E-state index contributed by atoms with van der Waals surface area (Å²) in [6.45, 7) is 1.90. The number of alkyl halides is 3. The van der Waals surface area contributed by atoms with Crippen LogP contribution in [0.2, 0.25) is 15.2 Å². The fraction of sp³-hybridized carbons (Fsp3) is 0.167. The van der Waals surface area contributed by atoms with E-state index in [2.05, 4.69) is 17.8 Å². The fourth-order valence-corrected chi connectivity index (χ4v) is 4.21. The highest BCUT2D eigenvalue weighted by atomic mass is 35.5. The molecule has 1 aromatic heterocycles. The zero-order valence-corrected chi connectivity index (χ0v) is 20.8. The third-order valence-corrected chi connectivity index (χ3v) is 5.90. The summed E-state index contributed by atoms with van der Waals surface area (Å²) in [6, 6.07) is 11.9. The minimum atomic E-state index is -4.54. The summed E-state index contributed by atoms with van der Waals surface area (Å²) >= 11 is 21.8. The number of rotatable bonds is 6. The van der Waals surface area contributed by atoms with E-state index >= 15 is 0 Å². The van der Waals surface area contributed by atoms with Crippen LogP contribution in [0.1, 0.15) is 38.5 Å². The second-order valence-corrected chi connectivity index (χ2v) is 9.25. The normalized spacial score (nSPS) is 12.7. The second kappa shape index (κ2) is 11.0. The van der Waals surface area contributed by atoms with Crippen LogP contribution in [0.4, 0.5) is 13.2 Å². The second-order valence-electron chi connectivity index (χ2n) is 7.51. The van der Waals surface area contributed by atoms with Crippen LogP contribution < -0.4 is 0 Å². The highest BCUT2D eigenvalue weighted by Gasteiger charge is 2.39. The number of hydrogen-bond acceptors (Lipinski definition) is 3. The Labute approximate surface area is 215 Å². The van der Waals surface area contributed by atoms with Gasteiger partial charge in [0.05, 0.1) is 12.5 Å². The SMILES string of the molecule is Cc1cc(/C=C/C(c2cc(Cl)cc(Cl)c2)C(F)(F)F)ccc1C(=O)N(S)Cc1ccc(Cl)nc1. The van der Waals surface area contributed by atoms with E-state index < -0.39 is 12.1 Å². The molecule has 3 rings (SSSR count). The van der Waals surface area contributed by atoms with E-state index in [1.54, 1.807) is 43.5 Å². The van der Waals surface area contributed by atoms with Gasteiger partial charge in [-0.15, -0.1) is 0 Å². The molecule has 1 atom stereocenters. The lowest BCUT2D eigenvalue weighted by Gasteiger charge is -2.18. The molecule has 0 aliphatic rings. The molecule has 0 fully saturated rings. The minimum absolute atomic E-state index is 0.0628. The van der Waals surface area contributed by atoms with Crippen molar-refractivity contribution in [1.29, 1.82) is 0 Å². The topological polar surface area (TPSA) is 33.2 Å². The first-order valence-electron chi connectivity index (χ1n) is 9.87. The monoisotopic (exact) mass is 544 g/mol. The van der Waals surface area contributed by atoms with E-state index in [1.165, 1.54) is 28.6 Å². The van der Waals surface area contributed by atoms with Crippen LogP contribution >= 0.6 is 47.6 Å². The van der Waals surface area contributed by atoms with Crippen LogP contribution in [0.25, 0.3) is 6.08 Å². The van der Waals surface area contributed by atoms with Crippen LogP contribution in [0.3, 0.4) is 0 Å². The van der Waals surface area contributed by atoms with Gasteiger partial charge in [0.15, 0.2) is 0 Å². The van der Waals surface area contributed by atoms with Crippen molar-refractivity contribution in [3.63, 3.8) is 0 Å². The molecule has 0 saturated carbocycles. The number of thiol groups is 1. The predicted molar refractivity (Wildman–Crippen MR) is 134 cm³/mol.